The van der Waals surface area contributed by atoms with Crippen molar-refractivity contribution in [2.75, 3.05) is 0 Å². The second kappa shape index (κ2) is 4.97. The molecule has 0 aliphatic rings. The maximum Gasteiger partial charge on any atom is 0.129 e. The zero-order chi connectivity index (χ0) is 14.0. The van der Waals surface area contributed by atoms with Crippen molar-refractivity contribution in [3.8, 4) is 5.75 Å². The van der Waals surface area contributed by atoms with E-state index in [1.165, 1.54) is 37.3 Å². The highest BCUT2D eigenvalue weighted by molar-refractivity contribution is 5.32. The summed E-state index contributed by atoms with van der Waals surface area (Å²) in [5.41, 5.74) is -1.09. The third kappa shape index (κ3) is 2.90. The molecule has 1 atom stereocenters. The molecule has 0 bridgehead atoms. The first-order valence-corrected chi connectivity index (χ1v) is 5.85. The van der Waals surface area contributed by atoms with Gasteiger partial charge in [0.2, 0.25) is 0 Å². The minimum atomic E-state index is -1.42. The van der Waals surface area contributed by atoms with E-state index in [-0.39, 0.29) is 17.7 Å². The van der Waals surface area contributed by atoms with Crippen LogP contribution in [0.4, 0.5) is 8.78 Å². The molecule has 4 heteroatoms. The highest BCUT2D eigenvalue weighted by Gasteiger charge is 2.26. The first kappa shape index (κ1) is 13.5. The number of phenols is 1. The third-order valence-corrected chi connectivity index (χ3v) is 3.07. The molecule has 2 aromatic carbocycles. The Labute approximate surface area is 110 Å². The Bertz CT molecular complexity index is 557. The van der Waals surface area contributed by atoms with Gasteiger partial charge in [0, 0.05) is 12.0 Å². The minimum absolute atomic E-state index is 0.0663. The van der Waals surface area contributed by atoms with Crippen LogP contribution in [0.25, 0.3) is 0 Å². The molecule has 1 unspecified atom stereocenters. The van der Waals surface area contributed by atoms with E-state index in [9.17, 15) is 19.0 Å². The molecule has 0 heterocycles. The van der Waals surface area contributed by atoms with Gasteiger partial charge in [0.15, 0.2) is 0 Å². The predicted molar refractivity (Wildman–Crippen MR) is 67.7 cm³/mol. The van der Waals surface area contributed by atoms with Crippen molar-refractivity contribution in [1.82, 2.24) is 0 Å². The Morgan fingerprint density at radius 1 is 1.00 bits per heavy atom. The Hall–Kier alpha value is -1.94. The summed E-state index contributed by atoms with van der Waals surface area (Å²) in [6.07, 6.45) is -0.184. The molecule has 0 saturated carbocycles. The fourth-order valence-corrected chi connectivity index (χ4v) is 1.97. The SMILES string of the molecule is CC(O)(Cc1c(F)cccc1F)c1ccc(O)cc1. The summed E-state index contributed by atoms with van der Waals surface area (Å²) < 4.78 is 27.1. The number of benzene rings is 2. The van der Waals surface area contributed by atoms with Crippen LogP contribution in [0.3, 0.4) is 0 Å². The Balaban J connectivity index is 2.33. The maximum absolute atomic E-state index is 13.6. The van der Waals surface area contributed by atoms with Crippen molar-refractivity contribution in [3.63, 3.8) is 0 Å². The number of hydrogen-bond acceptors (Lipinski definition) is 2. The molecule has 0 aliphatic carbocycles. The van der Waals surface area contributed by atoms with E-state index in [4.69, 9.17) is 0 Å². The van der Waals surface area contributed by atoms with E-state index in [1.807, 2.05) is 0 Å². The van der Waals surface area contributed by atoms with Crippen LogP contribution in [0.15, 0.2) is 42.5 Å². The highest BCUT2D eigenvalue weighted by atomic mass is 19.1. The van der Waals surface area contributed by atoms with Gasteiger partial charge in [-0.2, -0.15) is 0 Å². The second-order valence-corrected chi connectivity index (χ2v) is 4.70. The largest absolute Gasteiger partial charge is 0.508 e. The van der Waals surface area contributed by atoms with Crippen molar-refractivity contribution in [1.29, 1.82) is 0 Å². The lowest BCUT2D eigenvalue weighted by Crippen LogP contribution is -2.25. The van der Waals surface area contributed by atoms with E-state index in [0.717, 1.165) is 12.1 Å². The van der Waals surface area contributed by atoms with Crippen LogP contribution < -0.4 is 0 Å². The molecule has 0 amide bonds. The highest BCUT2D eigenvalue weighted by Crippen LogP contribution is 2.28. The van der Waals surface area contributed by atoms with Gasteiger partial charge in [-0.05, 0) is 36.8 Å². The normalized spacial score (nSPS) is 14.1. The van der Waals surface area contributed by atoms with Gasteiger partial charge in [0.25, 0.3) is 0 Å². The number of phenolic OH excluding ortho intramolecular Hbond substituents is 1. The molecule has 0 aliphatic heterocycles. The molecule has 0 radical (unpaired) electrons. The first-order valence-electron chi connectivity index (χ1n) is 5.85. The van der Waals surface area contributed by atoms with Crippen LogP contribution in [-0.2, 0) is 12.0 Å². The van der Waals surface area contributed by atoms with Gasteiger partial charge in [0.1, 0.15) is 17.4 Å². The van der Waals surface area contributed by atoms with Crippen molar-refractivity contribution < 1.29 is 19.0 Å². The van der Waals surface area contributed by atoms with Gasteiger partial charge in [-0.15, -0.1) is 0 Å². The van der Waals surface area contributed by atoms with Crippen LogP contribution in [-0.4, -0.2) is 10.2 Å². The number of halogens is 2. The number of rotatable bonds is 3. The molecule has 2 N–H and O–H groups in total. The van der Waals surface area contributed by atoms with Crippen LogP contribution in [0.5, 0.6) is 5.75 Å². The lowest BCUT2D eigenvalue weighted by molar-refractivity contribution is 0.0556. The van der Waals surface area contributed by atoms with Gasteiger partial charge in [0.05, 0.1) is 5.60 Å². The molecule has 2 nitrogen and oxygen atoms in total. The average Bonchev–Trinajstić information content (AvgIpc) is 2.35. The first-order chi connectivity index (χ1) is 8.90. The third-order valence-electron chi connectivity index (χ3n) is 3.07. The van der Waals surface area contributed by atoms with Gasteiger partial charge < -0.3 is 10.2 Å². The lowest BCUT2D eigenvalue weighted by atomic mass is 9.88. The van der Waals surface area contributed by atoms with Crippen molar-refractivity contribution in [3.05, 3.63) is 65.2 Å². The summed E-state index contributed by atoms with van der Waals surface area (Å²) in [5.74, 6) is -1.30. The summed E-state index contributed by atoms with van der Waals surface area (Å²) in [4.78, 5) is 0. The Kier molecular flexibility index (Phi) is 3.53. The van der Waals surface area contributed by atoms with Crippen molar-refractivity contribution in [2.45, 2.75) is 18.9 Å². The number of aliphatic hydroxyl groups is 1. The zero-order valence-corrected chi connectivity index (χ0v) is 10.4. The van der Waals surface area contributed by atoms with Crippen LogP contribution in [0.1, 0.15) is 18.1 Å². The topological polar surface area (TPSA) is 40.5 Å². The van der Waals surface area contributed by atoms with Crippen LogP contribution in [0.2, 0.25) is 0 Å². The second-order valence-electron chi connectivity index (χ2n) is 4.70. The zero-order valence-electron chi connectivity index (χ0n) is 10.4. The quantitative estimate of drug-likeness (QED) is 0.894. The van der Waals surface area contributed by atoms with Crippen molar-refractivity contribution in [2.24, 2.45) is 0 Å². The smallest absolute Gasteiger partial charge is 0.129 e. The van der Waals surface area contributed by atoms with Gasteiger partial charge >= 0.3 is 0 Å². The fourth-order valence-electron chi connectivity index (χ4n) is 1.97. The average molecular weight is 264 g/mol. The van der Waals surface area contributed by atoms with Gasteiger partial charge in [-0.3, -0.25) is 0 Å². The number of hydrogen-bond donors (Lipinski definition) is 2. The van der Waals surface area contributed by atoms with Crippen LogP contribution in [0, 0.1) is 11.6 Å². The van der Waals surface area contributed by atoms with E-state index in [0.29, 0.717) is 5.56 Å². The summed E-state index contributed by atoms with van der Waals surface area (Å²) in [6, 6.07) is 9.48. The summed E-state index contributed by atoms with van der Waals surface area (Å²) >= 11 is 0. The van der Waals surface area contributed by atoms with E-state index >= 15 is 0 Å². The van der Waals surface area contributed by atoms with E-state index in [2.05, 4.69) is 0 Å². The predicted octanol–water partition coefficient (Wildman–Crippen LogP) is 3.12. The molecule has 0 fully saturated rings. The van der Waals surface area contributed by atoms with E-state index in [1.54, 1.807) is 0 Å². The lowest BCUT2D eigenvalue weighted by Gasteiger charge is -2.24. The molecule has 2 aromatic rings. The van der Waals surface area contributed by atoms with E-state index < -0.39 is 17.2 Å². The fraction of sp³-hybridized carbons (Fsp3) is 0.200. The summed E-state index contributed by atoms with van der Waals surface area (Å²) in [6.45, 7) is 1.48. The maximum atomic E-state index is 13.6. The summed E-state index contributed by atoms with van der Waals surface area (Å²) in [7, 11) is 0. The monoisotopic (exact) mass is 264 g/mol. The van der Waals surface area contributed by atoms with Gasteiger partial charge in [-0.1, -0.05) is 18.2 Å². The number of aromatic hydroxyl groups is 1. The van der Waals surface area contributed by atoms with Crippen molar-refractivity contribution >= 4 is 0 Å². The van der Waals surface area contributed by atoms with Crippen LogP contribution >= 0.6 is 0 Å². The minimum Gasteiger partial charge on any atom is -0.508 e. The molecular weight excluding hydrogens is 250 g/mol. The molecule has 0 saturated heterocycles. The molecule has 0 spiro atoms. The Morgan fingerprint density at radius 3 is 2.05 bits per heavy atom. The standard InChI is InChI=1S/C15H14F2O2/c1-15(19,10-5-7-11(18)8-6-10)9-12-13(16)3-2-4-14(12)17/h2-8,18-19H,9H2,1H3. The van der Waals surface area contributed by atoms with Gasteiger partial charge in [-0.25, -0.2) is 8.78 Å². The molecule has 100 valence electrons. The molecule has 19 heavy (non-hydrogen) atoms. The molecule has 2 rings (SSSR count). The molecule has 0 aromatic heterocycles. The Morgan fingerprint density at radius 2 is 1.53 bits per heavy atom. The molecular formula is C15H14F2O2. The summed E-state index contributed by atoms with van der Waals surface area (Å²) in [5, 5.41) is 19.6.